The molecule has 0 bridgehead atoms. The molecule has 0 aliphatic rings. The summed E-state index contributed by atoms with van der Waals surface area (Å²) in [6.45, 7) is 1.54. The van der Waals surface area contributed by atoms with Crippen molar-refractivity contribution in [3.63, 3.8) is 0 Å². The van der Waals surface area contributed by atoms with Crippen LogP contribution in [0.2, 0.25) is 0 Å². The molecule has 0 heterocycles. The van der Waals surface area contributed by atoms with E-state index >= 15 is 0 Å². The minimum Gasteiger partial charge on any atom is -0.221 e. The van der Waals surface area contributed by atoms with Crippen molar-refractivity contribution in [2.45, 2.75) is 12.2 Å². The van der Waals surface area contributed by atoms with Crippen molar-refractivity contribution in [2.24, 2.45) is 0 Å². The second-order valence-electron chi connectivity index (χ2n) is 1.82. The fourth-order valence-corrected chi connectivity index (χ4v) is 2.15. The lowest BCUT2D eigenvalue weighted by molar-refractivity contribution is 0.330. The van der Waals surface area contributed by atoms with Crippen molar-refractivity contribution in [1.82, 2.24) is 0 Å². The monoisotopic (exact) mass is 203 g/mol. The highest BCUT2D eigenvalue weighted by molar-refractivity contribution is 7.96. The molecular weight excluding hydrogens is 194 g/mol. The van der Waals surface area contributed by atoms with Crippen molar-refractivity contribution in [3.8, 4) is 0 Å². The fraction of sp³-hybridized carbons (Fsp3) is 1.00. The molecule has 66 valence electrons. The van der Waals surface area contributed by atoms with E-state index in [0.29, 0.717) is 6.26 Å². The van der Waals surface area contributed by atoms with Gasteiger partial charge in [0, 0.05) is 6.26 Å². The normalized spacial score (nSPS) is 16.1. The Bertz CT molecular complexity index is 236. The second-order valence-corrected chi connectivity index (χ2v) is 5.53. The summed E-state index contributed by atoms with van der Waals surface area (Å²) >= 11 is 0. The lowest BCUT2D eigenvalue weighted by atomic mass is 10.9. The Labute approximate surface area is 65.5 Å². The number of halogens is 1. The highest BCUT2D eigenvalue weighted by Crippen LogP contribution is 2.33. The van der Waals surface area contributed by atoms with Gasteiger partial charge < -0.3 is 0 Å². The van der Waals surface area contributed by atoms with Gasteiger partial charge >= 0.3 is 13.3 Å². The smallest absolute Gasteiger partial charge is 0.221 e. The Morgan fingerprint density at radius 3 is 2.36 bits per heavy atom. The van der Waals surface area contributed by atoms with Gasteiger partial charge in [-0.15, -0.1) is 4.52 Å². The molecule has 7 heteroatoms. The minimum atomic E-state index is -3.90. The van der Waals surface area contributed by atoms with Crippen molar-refractivity contribution >= 4 is 17.9 Å². The lowest BCUT2D eigenvalue weighted by Crippen LogP contribution is -2.10. The predicted octanol–water partition coefficient (Wildman–Crippen LogP) is 1.06. The number of hydrogen-bond acceptors (Lipinski definition) is 4. The van der Waals surface area contributed by atoms with Gasteiger partial charge in [0.25, 0.3) is 0 Å². The summed E-state index contributed by atoms with van der Waals surface area (Å²) in [4.78, 5) is 0. The third kappa shape index (κ3) is 3.74. The largest absolute Gasteiger partial charge is 0.562 e. The van der Waals surface area contributed by atoms with Crippen LogP contribution in [0, 0.1) is 0 Å². The molecule has 0 amide bonds. The van der Waals surface area contributed by atoms with Crippen LogP contribution in [-0.4, -0.2) is 26.5 Å². The zero-order valence-corrected chi connectivity index (χ0v) is 7.86. The van der Waals surface area contributed by atoms with Crippen LogP contribution < -0.4 is 0 Å². The summed E-state index contributed by atoms with van der Waals surface area (Å²) in [6, 6.07) is 0. The summed E-state index contributed by atoms with van der Waals surface area (Å²) in [5, 5.41) is -2.41. The number of sulfone groups is 1. The Kier molecular flexibility index (Phi) is 4.07. The SMILES string of the molecule is CCO[P+](=O)C(F)S(C)(=O)=O. The highest BCUT2D eigenvalue weighted by Gasteiger charge is 2.41. The minimum absolute atomic E-state index is 0.0329. The molecule has 0 saturated carbocycles. The summed E-state index contributed by atoms with van der Waals surface area (Å²) in [5.41, 5.74) is 0. The molecule has 11 heavy (non-hydrogen) atoms. The van der Waals surface area contributed by atoms with E-state index in [9.17, 15) is 17.4 Å². The molecule has 0 aromatic heterocycles. The maximum Gasteiger partial charge on any atom is 0.562 e. The third-order valence-corrected chi connectivity index (χ3v) is 3.99. The van der Waals surface area contributed by atoms with Gasteiger partial charge in [0.05, 0.1) is 6.61 Å². The van der Waals surface area contributed by atoms with Gasteiger partial charge in [-0.25, -0.2) is 8.42 Å². The van der Waals surface area contributed by atoms with Crippen LogP contribution in [0.25, 0.3) is 0 Å². The standard InChI is InChI=1S/C4H9FO4PS/c1-3-9-10(6)4(5)11(2,7)8/h4H,3H2,1-2H3/q+1. The summed E-state index contributed by atoms with van der Waals surface area (Å²) < 4.78 is 48.2. The summed E-state index contributed by atoms with van der Waals surface area (Å²) in [5.74, 6) is 0. The van der Waals surface area contributed by atoms with E-state index in [4.69, 9.17) is 0 Å². The quantitative estimate of drug-likeness (QED) is 0.641. The van der Waals surface area contributed by atoms with Crippen molar-refractivity contribution in [1.29, 1.82) is 0 Å². The van der Waals surface area contributed by atoms with Crippen LogP contribution in [0.15, 0.2) is 0 Å². The number of rotatable bonds is 4. The lowest BCUT2D eigenvalue weighted by Gasteiger charge is -1.91. The molecule has 0 aliphatic carbocycles. The molecule has 0 aromatic carbocycles. The zero-order valence-electron chi connectivity index (χ0n) is 6.15. The molecular formula is C4H9FO4PS+. The molecule has 0 aromatic rings. The number of alkyl halides is 1. The van der Waals surface area contributed by atoms with E-state index < -0.39 is 23.1 Å². The molecule has 0 fully saturated rings. The zero-order chi connectivity index (χ0) is 9.07. The molecule has 2 atom stereocenters. The first-order chi connectivity index (χ1) is 4.89. The Hall–Kier alpha value is -0.0600. The highest BCUT2D eigenvalue weighted by atomic mass is 32.2. The van der Waals surface area contributed by atoms with E-state index in [-0.39, 0.29) is 6.61 Å². The Morgan fingerprint density at radius 1 is 1.64 bits per heavy atom. The van der Waals surface area contributed by atoms with Gasteiger partial charge in [0.1, 0.15) is 0 Å². The average Bonchev–Trinajstić information content (AvgIpc) is 1.85. The second kappa shape index (κ2) is 4.09. The molecule has 0 aliphatic heterocycles. The molecule has 2 unspecified atom stereocenters. The Balaban J connectivity index is 4.27. The van der Waals surface area contributed by atoms with Crippen LogP contribution >= 0.6 is 8.03 Å². The van der Waals surface area contributed by atoms with E-state index in [1.807, 2.05) is 0 Å². The average molecular weight is 203 g/mol. The molecule has 0 spiro atoms. The summed E-state index contributed by atoms with van der Waals surface area (Å²) in [6.07, 6.45) is 0.671. The van der Waals surface area contributed by atoms with Gasteiger partial charge in [-0.05, 0) is 11.5 Å². The van der Waals surface area contributed by atoms with Crippen molar-refractivity contribution in [2.75, 3.05) is 12.9 Å². The fourth-order valence-electron chi connectivity index (χ4n) is 0.342. The first kappa shape index (κ1) is 10.9. The van der Waals surface area contributed by atoms with Crippen molar-refractivity contribution < 1.29 is 21.9 Å². The molecule has 0 saturated heterocycles. The van der Waals surface area contributed by atoms with E-state index in [1.165, 1.54) is 6.92 Å². The third-order valence-electron chi connectivity index (χ3n) is 0.775. The van der Waals surface area contributed by atoms with Gasteiger partial charge in [0.15, 0.2) is 0 Å². The van der Waals surface area contributed by atoms with E-state index in [2.05, 4.69) is 4.52 Å². The maximum absolute atomic E-state index is 12.5. The van der Waals surface area contributed by atoms with Crippen LogP contribution in [0.4, 0.5) is 4.39 Å². The van der Waals surface area contributed by atoms with Crippen LogP contribution in [0.1, 0.15) is 6.92 Å². The van der Waals surface area contributed by atoms with E-state index in [0.717, 1.165) is 0 Å². The Morgan fingerprint density at radius 2 is 2.09 bits per heavy atom. The van der Waals surface area contributed by atoms with Gasteiger partial charge in [0.2, 0.25) is 9.84 Å². The van der Waals surface area contributed by atoms with Gasteiger partial charge in [-0.3, -0.25) is 0 Å². The number of hydrogen-bond donors (Lipinski definition) is 0. The van der Waals surface area contributed by atoms with Gasteiger partial charge in [-0.2, -0.15) is 4.39 Å². The topological polar surface area (TPSA) is 60.4 Å². The summed E-state index contributed by atoms with van der Waals surface area (Å²) in [7, 11) is -6.63. The predicted molar refractivity (Wildman–Crippen MR) is 39.0 cm³/mol. The van der Waals surface area contributed by atoms with Crippen LogP contribution in [0.3, 0.4) is 0 Å². The first-order valence-electron chi connectivity index (χ1n) is 2.81. The van der Waals surface area contributed by atoms with E-state index in [1.54, 1.807) is 0 Å². The van der Waals surface area contributed by atoms with Gasteiger partial charge in [-0.1, -0.05) is 0 Å². The van der Waals surface area contributed by atoms with Crippen molar-refractivity contribution in [3.05, 3.63) is 0 Å². The van der Waals surface area contributed by atoms with Crippen LogP contribution in [0.5, 0.6) is 0 Å². The maximum atomic E-state index is 12.5. The molecule has 0 rings (SSSR count). The molecule has 4 nitrogen and oxygen atoms in total. The molecule has 0 N–H and O–H groups in total. The van der Waals surface area contributed by atoms with Crippen LogP contribution in [-0.2, 0) is 18.9 Å². The molecule has 0 radical (unpaired) electrons. The first-order valence-corrected chi connectivity index (χ1v) is 6.02.